The summed E-state index contributed by atoms with van der Waals surface area (Å²) < 4.78 is 5.87. The Morgan fingerprint density at radius 3 is 2.59 bits per heavy atom. The van der Waals surface area contributed by atoms with E-state index < -0.39 is 0 Å². The molecule has 0 N–H and O–H groups in total. The Labute approximate surface area is 172 Å². The van der Waals surface area contributed by atoms with Crippen molar-refractivity contribution in [3.63, 3.8) is 0 Å². The number of hydrogen-bond donors (Lipinski definition) is 0. The van der Waals surface area contributed by atoms with E-state index in [1.54, 1.807) is 0 Å². The number of aromatic nitrogens is 2. The van der Waals surface area contributed by atoms with Gasteiger partial charge in [-0.2, -0.15) is 0 Å². The van der Waals surface area contributed by atoms with Crippen molar-refractivity contribution in [2.75, 3.05) is 32.7 Å². The molecule has 1 aromatic carbocycles. The number of likely N-dealkylation sites (tertiary alicyclic amines) is 2. The number of rotatable bonds is 5. The SMILES string of the molecule is Cc1nnc(C2CN(C(=O)Cc3ccccc3)CC23CCN(CC2CC2)CC3)o1. The van der Waals surface area contributed by atoms with Gasteiger partial charge in [0.1, 0.15) is 0 Å². The van der Waals surface area contributed by atoms with Gasteiger partial charge in [-0.1, -0.05) is 30.3 Å². The molecule has 6 nitrogen and oxygen atoms in total. The van der Waals surface area contributed by atoms with Gasteiger partial charge in [0.05, 0.1) is 12.3 Å². The van der Waals surface area contributed by atoms with Gasteiger partial charge in [-0.3, -0.25) is 4.79 Å². The fourth-order valence-electron chi connectivity index (χ4n) is 5.19. The minimum atomic E-state index is 0.0609. The van der Waals surface area contributed by atoms with Gasteiger partial charge in [-0.05, 0) is 50.3 Å². The molecule has 1 amide bonds. The van der Waals surface area contributed by atoms with Crippen molar-refractivity contribution in [1.29, 1.82) is 0 Å². The molecule has 2 saturated heterocycles. The number of hydrogen-bond acceptors (Lipinski definition) is 5. The van der Waals surface area contributed by atoms with Crippen molar-refractivity contribution in [2.24, 2.45) is 11.3 Å². The Kier molecular flexibility index (Phi) is 4.90. The van der Waals surface area contributed by atoms with E-state index in [0.717, 1.165) is 44.0 Å². The molecule has 2 aliphatic heterocycles. The van der Waals surface area contributed by atoms with Gasteiger partial charge < -0.3 is 14.2 Å². The summed E-state index contributed by atoms with van der Waals surface area (Å²) in [4.78, 5) is 17.8. The molecule has 1 aromatic heterocycles. The predicted molar refractivity (Wildman–Crippen MR) is 109 cm³/mol. The average Bonchev–Trinajstić information content (AvgIpc) is 3.32. The van der Waals surface area contributed by atoms with Crippen LogP contribution in [0.5, 0.6) is 0 Å². The average molecular weight is 395 g/mol. The third-order valence-corrected chi connectivity index (χ3v) is 7.10. The largest absolute Gasteiger partial charge is 0.425 e. The van der Waals surface area contributed by atoms with Crippen molar-refractivity contribution in [1.82, 2.24) is 20.0 Å². The molecule has 0 bridgehead atoms. The molecule has 1 spiro atoms. The van der Waals surface area contributed by atoms with Crippen molar-refractivity contribution in [3.8, 4) is 0 Å². The number of aryl methyl sites for hydroxylation is 1. The Balaban J connectivity index is 1.33. The van der Waals surface area contributed by atoms with E-state index in [1.807, 2.05) is 42.2 Å². The first-order chi connectivity index (χ1) is 14.1. The first kappa shape index (κ1) is 18.8. The van der Waals surface area contributed by atoms with Crippen LogP contribution in [-0.2, 0) is 11.2 Å². The summed E-state index contributed by atoms with van der Waals surface area (Å²) in [5, 5.41) is 8.44. The second-order valence-corrected chi connectivity index (χ2v) is 9.25. The van der Waals surface area contributed by atoms with Crippen LogP contribution in [0.4, 0.5) is 0 Å². The maximum Gasteiger partial charge on any atom is 0.227 e. The summed E-state index contributed by atoms with van der Waals surface area (Å²) in [5.41, 5.74) is 1.13. The lowest BCUT2D eigenvalue weighted by atomic mass is 9.70. The number of amides is 1. The Bertz CT molecular complexity index is 853. The van der Waals surface area contributed by atoms with Crippen LogP contribution in [0.15, 0.2) is 34.7 Å². The molecular formula is C23H30N4O2. The van der Waals surface area contributed by atoms with Crippen molar-refractivity contribution < 1.29 is 9.21 Å². The van der Waals surface area contributed by atoms with E-state index in [2.05, 4.69) is 15.1 Å². The van der Waals surface area contributed by atoms with E-state index in [1.165, 1.54) is 19.4 Å². The molecule has 6 heteroatoms. The quantitative estimate of drug-likeness (QED) is 0.780. The van der Waals surface area contributed by atoms with Gasteiger partial charge in [0.15, 0.2) is 0 Å². The summed E-state index contributed by atoms with van der Waals surface area (Å²) in [6.07, 6.45) is 5.45. The van der Waals surface area contributed by atoms with Crippen molar-refractivity contribution in [3.05, 3.63) is 47.7 Å². The van der Waals surface area contributed by atoms with Gasteiger partial charge in [0.2, 0.25) is 17.7 Å². The second kappa shape index (κ2) is 7.56. The molecule has 3 fully saturated rings. The van der Waals surface area contributed by atoms with Gasteiger partial charge in [0, 0.05) is 32.0 Å². The summed E-state index contributed by atoms with van der Waals surface area (Å²) in [7, 11) is 0. The first-order valence-corrected chi connectivity index (χ1v) is 11.0. The van der Waals surface area contributed by atoms with Crippen LogP contribution in [0.2, 0.25) is 0 Å². The number of carbonyl (C=O) groups is 1. The highest BCUT2D eigenvalue weighted by Crippen LogP contribution is 2.50. The summed E-state index contributed by atoms with van der Waals surface area (Å²) >= 11 is 0. The van der Waals surface area contributed by atoms with Crippen LogP contribution in [-0.4, -0.2) is 58.6 Å². The maximum absolute atomic E-state index is 13.1. The zero-order chi connectivity index (χ0) is 19.8. The number of nitrogens with zero attached hydrogens (tertiary/aromatic N) is 4. The smallest absolute Gasteiger partial charge is 0.227 e. The first-order valence-electron chi connectivity index (χ1n) is 11.0. The Hall–Kier alpha value is -2.21. The van der Waals surface area contributed by atoms with Crippen molar-refractivity contribution in [2.45, 2.75) is 44.9 Å². The minimum Gasteiger partial charge on any atom is -0.425 e. The lowest BCUT2D eigenvalue weighted by Crippen LogP contribution is -2.44. The number of piperidine rings is 1. The van der Waals surface area contributed by atoms with E-state index >= 15 is 0 Å². The predicted octanol–water partition coefficient (Wildman–Crippen LogP) is 3.04. The normalized spacial score (nSPS) is 24.3. The van der Waals surface area contributed by atoms with Gasteiger partial charge >= 0.3 is 0 Å². The van der Waals surface area contributed by atoms with Gasteiger partial charge in [-0.15, -0.1) is 10.2 Å². The lowest BCUT2D eigenvalue weighted by Gasteiger charge is -2.41. The fourth-order valence-corrected chi connectivity index (χ4v) is 5.19. The molecular weight excluding hydrogens is 364 g/mol. The second-order valence-electron chi connectivity index (χ2n) is 9.25. The van der Waals surface area contributed by atoms with Crippen LogP contribution in [0.1, 0.15) is 48.9 Å². The van der Waals surface area contributed by atoms with Crippen LogP contribution in [0.3, 0.4) is 0 Å². The third kappa shape index (κ3) is 3.95. The van der Waals surface area contributed by atoms with E-state index in [9.17, 15) is 4.79 Å². The Morgan fingerprint density at radius 1 is 1.17 bits per heavy atom. The van der Waals surface area contributed by atoms with Crippen LogP contribution in [0.25, 0.3) is 0 Å². The molecule has 1 atom stereocenters. The highest BCUT2D eigenvalue weighted by atomic mass is 16.4. The summed E-state index contributed by atoms with van der Waals surface area (Å²) in [6, 6.07) is 10.0. The molecule has 1 saturated carbocycles. The monoisotopic (exact) mass is 394 g/mol. The van der Waals surface area contributed by atoms with Crippen LogP contribution < -0.4 is 0 Å². The zero-order valence-corrected chi connectivity index (χ0v) is 17.2. The summed E-state index contributed by atoms with van der Waals surface area (Å²) in [5.74, 6) is 2.59. The minimum absolute atomic E-state index is 0.0609. The molecule has 1 unspecified atom stereocenters. The Morgan fingerprint density at radius 2 is 1.93 bits per heavy atom. The standard InChI is InChI=1S/C23H30N4O2/c1-17-24-25-22(29-17)20-15-27(21(28)13-18-5-3-2-4-6-18)16-23(20)9-11-26(12-10-23)14-19-7-8-19/h2-6,19-20H,7-16H2,1H3. The number of carbonyl (C=O) groups excluding carboxylic acids is 1. The van der Waals surface area contributed by atoms with Crippen molar-refractivity contribution >= 4 is 5.91 Å². The van der Waals surface area contributed by atoms with Gasteiger partial charge in [-0.25, -0.2) is 0 Å². The molecule has 154 valence electrons. The molecule has 29 heavy (non-hydrogen) atoms. The molecule has 3 heterocycles. The highest BCUT2D eigenvalue weighted by Gasteiger charge is 2.52. The summed E-state index contributed by atoms with van der Waals surface area (Å²) in [6.45, 7) is 6.81. The van der Waals surface area contributed by atoms with E-state index in [-0.39, 0.29) is 17.2 Å². The molecule has 2 aromatic rings. The number of benzene rings is 1. The molecule has 1 aliphatic carbocycles. The van der Waals surface area contributed by atoms with Crippen LogP contribution >= 0.6 is 0 Å². The molecule has 5 rings (SSSR count). The third-order valence-electron chi connectivity index (χ3n) is 7.10. The van der Waals surface area contributed by atoms with Crippen LogP contribution in [0, 0.1) is 18.3 Å². The molecule has 3 aliphatic rings. The lowest BCUT2D eigenvalue weighted by molar-refractivity contribution is -0.130. The van der Waals surface area contributed by atoms with Gasteiger partial charge in [0.25, 0.3) is 0 Å². The van der Waals surface area contributed by atoms with E-state index in [4.69, 9.17) is 4.42 Å². The van der Waals surface area contributed by atoms with E-state index in [0.29, 0.717) is 24.7 Å². The molecule has 0 radical (unpaired) electrons. The topological polar surface area (TPSA) is 62.5 Å². The maximum atomic E-state index is 13.1. The zero-order valence-electron chi connectivity index (χ0n) is 17.2. The highest BCUT2D eigenvalue weighted by molar-refractivity contribution is 5.79. The fraction of sp³-hybridized carbons (Fsp3) is 0.609.